The number of hydrogen-bond donors (Lipinski definition) is 1. The molecule has 0 spiro atoms. The number of anilines is 1. The fraction of sp³-hybridized carbons (Fsp3) is 0.333. The number of rotatable bonds is 5. The van der Waals surface area contributed by atoms with Crippen LogP contribution >= 0.6 is 27.3 Å². The Kier molecular flexibility index (Phi) is 5.02. The summed E-state index contributed by atoms with van der Waals surface area (Å²) in [7, 11) is 4.14. The second-order valence-corrected chi connectivity index (χ2v) is 6.50. The number of nitrogens with zero attached hydrogens (tertiary/aromatic N) is 1. The minimum Gasteiger partial charge on any atom is -0.367 e. The molecule has 19 heavy (non-hydrogen) atoms. The van der Waals surface area contributed by atoms with Crippen molar-refractivity contribution in [2.45, 2.75) is 19.5 Å². The molecule has 0 saturated carbocycles. The van der Waals surface area contributed by atoms with E-state index in [1.165, 1.54) is 16.1 Å². The molecule has 4 heteroatoms. The van der Waals surface area contributed by atoms with Gasteiger partial charge < -0.3 is 10.2 Å². The Balaban J connectivity index is 2.30. The van der Waals surface area contributed by atoms with Gasteiger partial charge in [0.15, 0.2) is 0 Å². The van der Waals surface area contributed by atoms with Crippen LogP contribution < -0.4 is 10.2 Å². The molecule has 2 aromatic rings. The van der Waals surface area contributed by atoms with Gasteiger partial charge in [-0.15, -0.1) is 11.3 Å². The van der Waals surface area contributed by atoms with Gasteiger partial charge in [0.2, 0.25) is 0 Å². The number of halogens is 1. The van der Waals surface area contributed by atoms with E-state index in [-0.39, 0.29) is 0 Å². The zero-order valence-electron chi connectivity index (χ0n) is 11.5. The molecule has 2 rings (SSSR count). The molecule has 1 aromatic carbocycles. The summed E-state index contributed by atoms with van der Waals surface area (Å²) in [4.78, 5) is 3.73. The van der Waals surface area contributed by atoms with Crippen molar-refractivity contribution < 1.29 is 0 Å². The van der Waals surface area contributed by atoms with Gasteiger partial charge in [0.05, 0.1) is 6.04 Å². The van der Waals surface area contributed by atoms with Gasteiger partial charge in [-0.1, -0.05) is 22.0 Å². The molecule has 0 amide bonds. The average Bonchev–Trinajstić information content (AvgIpc) is 2.91. The van der Waals surface area contributed by atoms with Crippen molar-refractivity contribution >= 4 is 33.0 Å². The summed E-state index contributed by atoms with van der Waals surface area (Å²) in [5.41, 5.74) is 2.58. The van der Waals surface area contributed by atoms with E-state index in [0.29, 0.717) is 6.04 Å². The molecule has 1 aromatic heterocycles. The minimum atomic E-state index is 0.386. The molecule has 0 fully saturated rings. The van der Waals surface area contributed by atoms with Crippen LogP contribution in [0, 0.1) is 0 Å². The van der Waals surface area contributed by atoms with Crippen LogP contribution in [0.25, 0.3) is 0 Å². The summed E-state index contributed by atoms with van der Waals surface area (Å²) in [6.45, 7) is 3.12. The fourth-order valence-electron chi connectivity index (χ4n) is 2.16. The SMILES string of the molecule is CNCc1cc(Br)ccc1N(C)C(C)c1cccs1. The van der Waals surface area contributed by atoms with E-state index in [1.54, 1.807) is 0 Å². The lowest BCUT2D eigenvalue weighted by Gasteiger charge is -2.28. The van der Waals surface area contributed by atoms with Gasteiger partial charge in [0, 0.05) is 28.6 Å². The molecule has 102 valence electrons. The zero-order chi connectivity index (χ0) is 13.8. The maximum absolute atomic E-state index is 3.55. The number of hydrogen-bond acceptors (Lipinski definition) is 3. The molecule has 0 aliphatic carbocycles. The van der Waals surface area contributed by atoms with Gasteiger partial charge >= 0.3 is 0 Å². The summed E-state index contributed by atoms with van der Waals surface area (Å²) in [5.74, 6) is 0. The monoisotopic (exact) mass is 338 g/mol. The predicted molar refractivity (Wildman–Crippen MR) is 88.0 cm³/mol. The Morgan fingerprint density at radius 1 is 1.37 bits per heavy atom. The molecule has 0 saturated heterocycles. The third-order valence-corrected chi connectivity index (χ3v) is 4.86. The van der Waals surface area contributed by atoms with E-state index in [2.05, 4.69) is 75.8 Å². The van der Waals surface area contributed by atoms with Gasteiger partial charge in [-0.05, 0) is 49.2 Å². The first-order valence-electron chi connectivity index (χ1n) is 6.32. The molecular formula is C15H19BrN2S. The topological polar surface area (TPSA) is 15.3 Å². The van der Waals surface area contributed by atoms with Crippen LogP contribution in [-0.4, -0.2) is 14.1 Å². The third kappa shape index (κ3) is 3.38. The Morgan fingerprint density at radius 2 is 2.16 bits per heavy atom. The second-order valence-electron chi connectivity index (χ2n) is 4.61. The summed E-state index contributed by atoms with van der Waals surface area (Å²) >= 11 is 5.36. The van der Waals surface area contributed by atoms with E-state index in [1.807, 2.05) is 18.4 Å². The van der Waals surface area contributed by atoms with Gasteiger partial charge in [0.1, 0.15) is 0 Å². The van der Waals surface area contributed by atoms with Gasteiger partial charge in [-0.25, -0.2) is 0 Å². The highest BCUT2D eigenvalue weighted by molar-refractivity contribution is 9.10. The molecule has 1 atom stereocenters. The Bertz CT molecular complexity index is 525. The Hall–Kier alpha value is -0.840. The van der Waals surface area contributed by atoms with Crippen molar-refractivity contribution in [3.8, 4) is 0 Å². The zero-order valence-corrected chi connectivity index (χ0v) is 13.9. The van der Waals surface area contributed by atoms with Crippen LogP contribution in [0.5, 0.6) is 0 Å². The largest absolute Gasteiger partial charge is 0.367 e. The van der Waals surface area contributed by atoms with E-state index < -0.39 is 0 Å². The minimum absolute atomic E-state index is 0.386. The van der Waals surface area contributed by atoms with Crippen molar-refractivity contribution in [1.29, 1.82) is 0 Å². The molecular weight excluding hydrogens is 320 g/mol. The maximum Gasteiger partial charge on any atom is 0.0603 e. The van der Waals surface area contributed by atoms with Crippen LogP contribution in [-0.2, 0) is 6.54 Å². The maximum atomic E-state index is 3.55. The van der Waals surface area contributed by atoms with Crippen LogP contribution in [0.15, 0.2) is 40.2 Å². The molecule has 2 nitrogen and oxygen atoms in total. The average molecular weight is 339 g/mol. The van der Waals surface area contributed by atoms with Gasteiger partial charge in [0.25, 0.3) is 0 Å². The Morgan fingerprint density at radius 3 is 2.79 bits per heavy atom. The van der Waals surface area contributed by atoms with Crippen molar-refractivity contribution in [3.05, 3.63) is 50.6 Å². The molecule has 0 bridgehead atoms. The smallest absolute Gasteiger partial charge is 0.0603 e. The summed E-state index contributed by atoms with van der Waals surface area (Å²) in [5, 5.41) is 5.37. The van der Waals surface area contributed by atoms with Crippen LogP contribution in [0.1, 0.15) is 23.4 Å². The quantitative estimate of drug-likeness (QED) is 0.867. The summed E-state index contributed by atoms with van der Waals surface area (Å²) < 4.78 is 1.12. The molecule has 0 aliphatic rings. The number of nitrogens with one attached hydrogen (secondary N) is 1. The predicted octanol–water partition coefficient (Wildman–Crippen LogP) is 4.43. The summed E-state index contributed by atoms with van der Waals surface area (Å²) in [6.07, 6.45) is 0. The lowest BCUT2D eigenvalue weighted by atomic mass is 10.1. The lowest BCUT2D eigenvalue weighted by molar-refractivity contribution is 0.738. The first-order valence-corrected chi connectivity index (χ1v) is 8.00. The van der Waals surface area contributed by atoms with Crippen LogP contribution in [0.2, 0.25) is 0 Å². The Labute approximate surface area is 127 Å². The van der Waals surface area contributed by atoms with E-state index >= 15 is 0 Å². The van der Waals surface area contributed by atoms with Crippen molar-refractivity contribution in [2.24, 2.45) is 0 Å². The van der Waals surface area contributed by atoms with Gasteiger partial charge in [-0.3, -0.25) is 0 Å². The van der Waals surface area contributed by atoms with Crippen LogP contribution in [0.4, 0.5) is 5.69 Å². The normalized spacial score (nSPS) is 12.4. The van der Waals surface area contributed by atoms with Gasteiger partial charge in [-0.2, -0.15) is 0 Å². The van der Waals surface area contributed by atoms with Crippen molar-refractivity contribution in [2.75, 3.05) is 19.0 Å². The van der Waals surface area contributed by atoms with E-state index in [4.69, 9.17) is 0 Å². The standard InChI is InChI=1S/C15H19BrN2S/c1-11(15-5-4-8-19-15)18(3)14-7-6-13(16)9-12(14)10-17-2/h4-9,11,17H,10H2,1-3H3. The fourth-order valence-corrected chi connectivity index (χ4v) is 3.39. The van der Waals surface area contributed by atoms with Crippen LogP contribution in [0.3, 0.4) is 0 Å². The highest BCUT2D eigenvalue weighted by atomic mass is 79.9. The molecule has 0 aliphatic heterocycles. The van der Waals surface area contributed by atoms with E-state index in [9.17, 15) is 0 Å². The highest BCUT2D eigenvalue weighted by Crippen LogP contribution is 2.31. The van der Waals surface area contributed by atoms with Crippen molar-refractivity contribution in [1.82, 2.24) is 5.32 Å². The third-order valence-electron chi connectivity index (χ3n) is 3.32. The first-order chi connectivity index (χ1) is 9.13. The molecule has 1 N–H and O–H groups in total. The van der Waals surface area contributed by atoms with E-state index in [0.717, 1.165) is 11.0 Å². The number of benzene rings is 1. The molecule has 0 radical (unpaired) electrons. The second kappa shape index (κ2) is 6.55. The first kappa shape index (κ1) is 14.6. The molecule has 1 unspecified atom stereocenters. The van der Waals surface area contributed by atoms with Crippen molar-refractivity contribution in [3.63, 3.8) is 0 Å². The highest BCUT2D eigenvalue weighted by Gasteiger charge is 2.16. The lowest BCUT2D eigenvalue weighted by Crippen LogP contribution is -2.23. The number of thiophene rings is 1. The molecule has 1 heterocycles. The summed E-state index contributed by atoms with van der Waals surface area (Å²) in [6, 6.07) is 11.2.